The Balaban J connectivity index is 1.76. The minimum atomic E-state index is -4.35. The first-order valence-corrected chi connectivity index (χ1v) is 10.8. The predicted octanol–water partition coefficient (Wildman–Crippen LogP) is 1.20. The molecule has 2 heterocycles. The number of ether oxygens (including phenoxy) is 1. The number of halogens is 1. The van der Waals surface area contributed by atoms with Crippen LogP contribution in [0.4, 0.5) is 9.18 Å². The Morgan fingerprint density at radius 3 is 2.53 bits per heavy atom. The molecule has 3 rings (SSSR count). The molecule has 162 valence electrons. The van der Waals surface area contributed by atoms with Gasteiger partial charge in [-0.25, -0.2) is 21.6 Å². The highest BCUT2D eigenvalue weighted by atomic mass is 32.2. The summed E-state index contributed by atoms with van der Waals surface area (Å²) >= 11 is 0. The van der Waals surface area contributed by atoms with Crippen LogP contribution in [0.25, 0.3) is 0 Å². The molecular weight excluding hydrogens is 417 g/mol. The van der Waals surface area contributed by atoms with E-state index >= 15 is 0 Å². The quantitative estimate of drug-likeness (QED) is 0.746. The molecule has 9 nitrogen and oxygen atoms in total. The van der Waals surface area contributed by atoms with Crippen LogP contribution < -0.4 is 5.56 Å². The van der Waals surface area contributed by atoms with E-state index in [-0.39, 0.29) is 18.2 Å². The van der Waals surface area contributed by atoms with Gasteiger partial charge in [0.25, 0.3) is 10.0 Å². The molecule has 1 saturated heterocycles. The van der Waals surface area contributed by atoms with Gasteiger partial charge in [-0.2, -0.15) is 0 Å². The van der Waals surface area contributed by atoms with Crippen LogP contribution in [-0.2, 0) is 21.3 Å². The summed E-state index contributed by atoms with van der Waals surface area (Å²) in [4.78, 5) is 27.4. The Morgan fingerprint density at radius 1 is 1.20 bits per heavy atom. The van der Waals surface area contributed by atoms with Gasteiger partial charge in [-0.15, -0.1) is 0 Å². The van der Waals surface area contributed by atoms with Crippen molar-refractivity contribution in [3.05, 3.63) is 58.3 Å². The van der Waals surface area contributed by atoms with E-state index in [1.54, 1.807) is 11.8 Å². The molecular formula is C19H22FN3O6S. The number of aromatic nitrogens is 1. The number of carbonyl (C=O) groups excluding carboxylic acids is 1. The molecule has 2 aromatic rings. The molecule has 0 bridgehead atoms. The number of amides is 1. The summed E-state index contributed by atoms with van der Waals surface area (Å²) in [5, 5.41) is 10.3. The van der Waals surface area contributed by atoms with Crippen molar-refractivity contribution in [2.45, 2.75) is 18.4 Å². The molecule has 1 aromatic carbocycles. The highest BCUT2D eigenvalue weighted by Crippen LogP contribution is 2.19. The number of benzene rings is 1. The lowest BCUT2D eigenvalue weighted by Crippen LogP contribution is -2.48. The van der Waals surface area contributed by atoms with Crippen molar-refractivity contribution in [1.29, 1.82) is 0 Å². The van der Waals surface area contributed by atoms with E-state index in [0.29, 0.717) is 36.8 Å². The van der Waals surface area contributed by atoms with E-state index in [2.05, 4.69) is 0 Å². The molecule has 0 unspecified atom stereocenters. The van der Waals surface area contributed by atoms with Gasteiger partial charge >= 0.3 is 11.7 Å². The van der Waals surface area contributed by atoms with Gasteiger partial charge in [0.2, 0.25) is 0 Å². The topological polar surface area (TPSA) is 109 Å². The number of rotatable bonds is 5. The summed E-state index contributed by atoms with van der Waals surface area (Å²) in [5.74, 6) is -1.45. The first-order chi connectivity index (χ1) is 14.2. The molecule has 1 aromatic heterocycles. The Morgan fingerprint density at radius 2 is 1.90 bits per heavy atom. The first-order valence-electron chi connectivity index (χ1n) is 9.32. The maximum atomic E-state index is 13.4. The van der Waals surface area contributed by atoms with Gasteiger partial charge in [-0.3, -0.25) is 9.69 Å². The van der Waals surface area contributed by atoms with Gasteiger partial charge < -0.3 is 14.7 Å². The molecule has 0 aliphatic carbocycles. The second kappa shape index (κ2) is 8.84. The van der Waals surface area contributed by atoms with Crippen molar-refractivity contribution < 1.29 is 27.4 Å². The Labute approximate surface area is 173 Å². The SMILES string of the molecule is CCOC(=O)N1CCN(Cc2ccn(S(=O)(=O)c3cccc(F)c3)c(=O)c2O)CC1. The van der Waals surface area contributed by atoms with Crippen molar-refractivity contribution in [1.82, 2.24) is 13.8 Å². The summed E-state index contributed by atoms with van der Waals surface area (Å²) in [6.07, 6.45) is 0.664. The summed E-state index contributed by atoms with van der Waals surface area (Å²) < 4.78 is 44.0. The molecule has 0 radical (unpaired) electrons. The van der Waals surface area contributed by atoms with Crippen molar-refractivity contribution in [3.63, 3.8) is 0 Å². The van der Waals surface area contributed by atoms with Crippen LogP contribution in [0.15, 0.2) is 46.2 Å². The number of carbonyl (C=O) groups is 1. The van der Waals surface area contributed by atoms with Crippen LogP contribution in [0.5, 0.6) is 5.75 Å². The van der Waals surface area contributed by atoms with Crippen LogP contribution in [0.2, 0.25) is 0 Å². The van der Waals surface area contributed by atoms with Crippen LogP contribution in [0, 0.1) is 5.82 Å². The molecule has 1 aliphatic heterocycles. The molecule has 11 heteroatoms. The summed E-state index contributed by atoms with van der Waals surface area (Å²) in [5.41, 5.74) is -0.850. The fraction of sp³-hybridized carbons (Fsp3) is 0.368. The number of nitrogens with zero attached hydrogens (tertiary/aromatic N) is 3. The Hall–Kier alpha value is -2.92. The molecule has 0 saturated carbocycles. The van der Waals surface area contributed by atoms with Gasteiger partial charge in [0.15, 0.2) is 5.75 Å². The normalized spacial score (nSPS) is 15.2. The minimum absolute atomic E-state index is 0.207. The second-order valence-electron chi connectivity index (χ2n) is 6.72. The van der Waals surface area contributed by atoms with Crippen molar-refractivity contribution in [2.24, 2.45) is 0 Å². The fourth-order valence-electron chi connectivity index (χ4n) is 3.15. The van der Waals surface area contributed by atoms with Crippen LogP contribution >= 0.6 is 0 Å². The third kappa shape index (κ3) is 4.46. The summed E-state index contributed by atoms with van der Waals surface area (Å²) in [7, 11) is -4.35. The lowest BCUT2D eigenvalue weighted by Gasteiger charge is -2.34. The van der Waals surface area contributed by atoms with Crippen LogP contribution in [0.1, 0.15) is 12.5 Å². The standard InChI is InChI=1S/C19H22FN3O6S/c1-2-29-19(26)22-10-8-21(9-11-22)13-14-6-7-23(18(25)17(14)24)30(27,28)16-5-3-4-15(20)12-16/h3-7,12,24H,2,8-11,13H2,1H3. The first kappa shape index (κ1) is 21.8. The lowest BCUT2D eigenvalue weighted by molar-refractivity contribution is 0.0776. The lowest BCUT2D eigenvalue weighted by atomic mass is 10.2. The van der Waals surface area contributed by atoms with E-state index in [9.17, 15) is 27.5 Å². The molecule has 1 N–H and O–H groups in total. The zero-order valence-electron chi connectivity index (χ0n) is 16.3. The molecule has 0 atom stereocenters. The van der Waals surface area contributed by atoms with Gasteiger partial charge in [0.1, 0.15) is 5.82 Å². The highest BCUT2D eigenvalue weighted by molar-refractivity contribution is 7.90. The van der Waals surface area contributed by atoms with E-state index in [4.69, 9.17) is 4.74 Å². The van der Waals surface area contributed by atoms with Crippen molar-refractivity contribution in [2.75, 3.05) is 32.8 Å². The van der Waals surface area contributed by atoms with Gasteiger partial charge in [-0.05, 0) is 31.2 Å². The zero-order chi connectivity index (χ0) is 21.9. The summed E-state index contributed by atoms with van der Waals surface area (Å²) in [6, 6.07) is 5.61. The highest BCUT2D eigenvalue weighted by Gasteiger charge is 2.25. The smallest absolute Gasteiger partial charge is 0.409 e. The Kier molecular flexibility index (Phi) is 6.42. The molecule has 0 spiro atoms. The molecule has 1 fully saturated rings. The van der Waals surface area contributed by atoms with E-state index < -0.39 is 32.0 Å². The minimum Gasteiger partial charge on any atom is -0.503 e. The Bertz CT molecular complexity index is 1090. The number of pyridine rings is 1. The molecule has 1 aliphatic rings. The largest absolute Gasteiger partial charge is 0.503 e. The average Bonchev–Trinajstić information content (AvgIpc) is 2.72. The van der Waals surface area contributed by atoms with Gasteiger partial charge in [0.05, 0.1) is 11.5 Å². The predicted molar refractivity (Wildman–Crippen MR) is 105 cm³/mol. The number of hydrogen-bond acceptors (Lipinski definition) is 7. The van der Waals surface area contributed by atoms with E-state index in [1.807, 2.05) is 4.90 Å². The third-order valence-electron chi connectivity index (χ3n) is 4.76. The maximum absolute atomic E-state index is 13.4. The van der Waals surface area contributed by atoms with E-state index in [0.717, 1.165) is 18.3 Å². The van der Waals surface area contributed by atoms with Crippen molar-refractivity contribution >= 4 is 16.1 Å². The number of aromatic hydroxyl groups is 1. The van der Waals surface area contributed by atoms with Crippen molar-refractivity contribution in [3.8, 4) is 5.75 Å². The maximum Gasteiger partial charge on any atom is 0.409 e. The fourth-order valence-corrected chi connectivity index (χ4v) is 4.41. The number of hydrogen-bond donors (Lipinski definition) is 1. The zero-order valence-corrected chi connectivity index (χ0v) is 17.1. The van der Waals surface area contributed by atoms with Gasteiger partial charge in [0, 0.05) is 44.5 Å². The van der Waals surface area contributed by atoms with Gasteiger partial charge in [-0.1, -0.05) is 6.07 Å². The second-order valence-corrected chi connectivity index (χ2v) is 8.53. The molecule has 1 amide bonds. The summed E-state index contributed by atoms with van der Waals surface area (Å²) in [6.45, 7) is 4.11. The number of piperazine rings is 1. The molecule has 30 heavy (non-hydrogen) atoms. The van der Waals surface area contributed by atoms with Crippen LogP contribution in [0.3, 0.4) is 0 Å². The van der Waals surface area contributed by atoms with E-state index in [1.165, 1.54) is 18.2 Å². The third-order valence-corrected chi connectivity index (χ3v) is 6.42. The monoisotopic (exact) mass is 439 g/mol. The average molecular weight is 439 g/mol. The van der Waals surface area contributed by atoms with Crippen LogP contribution in [-0.4, -0.2) is 66.2 Å².